The standard InChI is InChI=1S/C19H30F3N5O2S.HI/c1-4-24-18(25-13-17(14(2)3)15-6-5-9-23-12-15)26-16-7-10-27(11-8-16)30(28,29)19(20,21)22;/h5-6,9,12,14,16-17H,4,7-8,10-11,13H2,1-3H3,(H2,24,25,26);1H. The maximum Gasteiger partial charge on any atom is 0.511 e. The first-order valence-electron chi connectivity index (χ1n) is 10.1. The highest BCUT2D eigenvalue weighted by Crippen LogP contribution is 2.29. The number of pyridine rings is 1. The van der Waals surface area contributed by atoms with Crippen LogP contribution in [-0.4, -0.2) is 61.4 Å². The second-order valence-corrected chi connectivity index (χ2v) is 9.55. The van der Waals surface area contributed by atoms with Gasteiger partial charge in [0.15, 0.2) is 5.96 Å². The first kappa shape index (κ1) is 27.9. The van der Waals surface area contributed by atoms with E-state index in [-0.39, 0.29) is 61.9 Å². The molecular formula is C19H31F3IN5O2S. The van der Waals surface area contributed by atoms with Gasteiger partial charge in [-0.2, -0.15) is 17.5 Å². The van der Waals surface area contributed by atoms with E-state index in [1.165, 1.54) is 0 Å². The van der Waals surface area contributed by atoms with Crippen molar-refractivity contribution in [1.29, 1.82) is 0 Å². The summed E-state index contributed by atoms with van der Waals surface area (Å²) in [5.41, 5.74) is -4.17. The molecule has 0 amide bonds. The summed E-state index contributed by atoms with van der Waals surface area (Å²) >= 11 is 0. The third-order valence-electron chi connectivity index (χ3n) is 5.13. The van der Waals surface area contributed by atoms with Crippen molar-refractivity contribution >= 4 is 40.0 Å². The van der Waals surface area contributed by atoms with E-state index in [1.54, 1.807) is 6.20 Å². The molecule has 31 heavy (non-hydrogen) atoms. The molecule has 2 N–H and O–H groups in total. The molecule has 0 radical (unpaired) electrons. The monoisotopic (exact) mass is 577 g/mol. The van der Waals surface area contributed by atoms with Crippen LogP contribution < -0.4 is 10.6 Å². The number of guanidine groups is 1. The number of aliphatic imine (C=N–C) groups is 1. The number of halogens is 4. The van der Waals surface area contributed by atoms with Crippen LogP contribution in [0, 0.1) is 5.92 Å². The van der Waals surface area contributed by atoms with Gasteiger partial charge in [0.2, 0.25) is 0 Å². The van der Waals surface area contributed by atoms with E-state index in [0.717, 1.165) is 5.56 Å². The lowest BCUT2D eigenvalue weighted by molar-refractivity contribution is -0.0494. The van der Waals surface area contributed by atoms with Gasteiger partial charge in [-0.3, -0.25) is 9.98 Å². The Bertz CT molecular complexity index is 799. The molecule has 1 atom stereocenters. The molecule has 1 saturated heterocycles. The molecule has 0 bridgehead atoms. The van der Waals surface area contributed by atoms with Crippen LogP contribution in [0.25, 0.3) is 0 Å². The van der Waals surface area contributed by atoms with E-state index in [1.807, 2.05) is 25.3 Å². The zero-order chi connectivity index (χ0) is 22.4. The van der Waals surface area contributed by atoms with Gasteiger partial charge in [-0.25, -0.2) is 8.42 Å². The number of piperidine rings is 1. The SMILES string of the molecule is CCNC(=NCC(c1cccnc1)C(C)C)NC1CCN(S(=O)(=O)C(F)(F)F)CC1.I. The molecule has 0 spiro atoms. The predicted molar refractivity (Wildman–Crippen MR) is 126 cm³/mol. The molecule has 0 aliphatic carbocycles. The minimum Gasteiger partial charge on any atom is -0.357 e. The number of rotatable bonds is 7. The maximum atomic E-state index is 12.7. The molecule has 1 aliphatic rings. The van der Waals surface area contributed by atoms with Crippen LogP contribution in [0.1, 0.15) is 45.1 Å². The summed E-state index contributed by atoms with van der Waals surface area (Å²) < 4.78 is 61.8. The van der Waals surface area contributed by atoms with Gasteiger partial charge in [-0.05, 0) is 37.3 Å². The first-order chi connectivity index (χ1) is 14.1. The van der Waals surface area contributed by atoms with Crippen molar-refractivity contribution < 1.29 is 21.6 Å². The Balaban J connectivity index is 0.00000480. The highest BCUT2D eigenvalue weighted by atomic mass is 127. The Morgan fingerprint density at radius 1 is 1.32 bits per heavy atom. The van der Waals surface area contributed by atoms with Gasteiger partial charge in [0.05, 0.1) is 0 Å². The summed E-state index contributed by atoms with van der Waals surface area (Å²) in [6, 6.07) is 3.75. The van der Waals surface area contributed by atoms with Crippen molar-refractivity contribution in [1.82, 2.24) is 19.9 Å². The van der Waals surface area contributed by atoms with Crippen molar-refractivity contribution in [2.75, 3.05) is 26.2 Å². The highest BCUT2D eigenvalue weighted by molar-refractivity contribution is 14.0. The second-order valence-electron chi connectivity index (χ2n) is 7.62. The van der Waals surface area contributed by atoms with Crippen molar-refractivity contribution in [2.45, 2.75) is 51.1 Å². The van der Waals surface area contributed by atoms with E-state index < -0.39 is 15.5 Å². The van der Waals surface area contributed by atoms with Gasteiger partial charge >= 0.3 is 15.5 Å². The average Bonchev–Trinajstić information content (AvgIpc) is 2.68. The topological polar surface area (TPSA) is 86.7 Å². The largest absolute Gasteiger partial charge is 0.511 e. The number of sulfonamides is 1. The van der Waals surface area contributed by atoms with Gasteiger partial charge < -0.3 is 10.6 Å². The molecule has 1 unspecified atom stereocenters. The molecule has 1 fully saturated rings. The van der Waals surface area contributed by atoms with Crippen LogP contribution in [0.15, 0.2) is 29.5 Å². The zero-order valence-corrected chi connectivity index (χ0v) is 21.0. The Hall–Kier alpha value is -1.15. The molecule has 2 heterocycles. The van der Waals surface area contributed by atoms with Gasteiger partial charge in [0, 0.05) is 50.5 Å². The third-order valence-corrected chi connectivity index (χ3v) is 6.76. The normalized spacial score (nSPS) is 17.8. The minimum atomic E-state index is -5.27. The fourth-order valence-electron chi connectivity index (χ4n) is 3.39. The van der Waals surface area contributed by atoms with Gasteiger partial charge in [-0.1, -0.05) is 19.9 Å². The van der Waals surface area contributed by atoms with Crippen LogP contribution in [0.5, 0.6) is 0 Å². The fraction of sp³-hybridized carbons (Fsp3) is 0.684. The highest BCUT2D eigenvalue weighted by Gasteiger charge is 2.50. The number of nitrogens with one attached hydrogen (secondary N) is 2. The summed E-state index contributed by atoms with van der Waals surface area (Å²) in [4.78, 5) is 8.84. The van der Waals surface area contributed by atoms with Crippen LogP contribution >= 0.6 is 24.0 Å². The van der Waals surface area contributed by atoms with E-state index >= 15 is 0 Å². The minimum absolute atomic E-state index is 0. The van der Waals surface area contributed by atoms with Crippen molar-refractivity contribution in [3.63, 3.8) is 0 Å². The van der Waals surface area contributed by atoms with Crippen LogP contribution in [0.2, 0.25) is 0 Å². The summed E-state index contributed by atoms with van der Waals surface area (Å²) in [7, 11) is -5.27. The Morgan fingerprint density at radius 2 is 1.97 bits per heavy atom. The lowest BCUT2D eigenvalue weighted by atomic mass is 9.89. The lowest BCUT2D eigenvalue weighted by Crippen LogP contribution is -2.51. The van der Waals surface area contributed by atoms with E-state index in [9.17, 15) is 21.6 Å². The van der Waals surface area contributed by atoms with E-state index in [2.05, 4.69) is 34.5 Å². The van der Waals surface area contributed by atoms with Crippen LogP contribution in [-0.2, 0) is 10.0 Å². The van der Waals surface area contributed by atoms with Crippen LogP contribution in [0.4, 0.5) is 13.2 Å². The molecule has 0 saturated carbocycles. The van der Waals surface area contributed by atoms with Gasteiger partial charge in [-0.15, -0.1) is 24.0 Å². The van der Waals surface area contributed by atoms with Gasteiger partial charge in [0.1, 0.15) is 0 Å². The fourth-order valence-corrected chi connectivity index (χ4v) is 4.37. The molecule has 12 heteroatoms. The summed E-state index contributed by atoms with van der Waals surface area (Å²) in [5.74, 6) is 1.09. The molecule has 0 aromatic carbocycles. The number of alkyl halides is 3. The Labute approximate surface area is 199 Å². The molecule has 2 rings (SSSR count). The van der Waals surface area contributed by atoms with Gasteiger partial charge in [0.25, 0.3) is 0 Å². The molecular weight excluding hydrogens is 546 g/mol. The van der Waals surface area contributed by atoms with E-state index in [4.69, 9.17) is 0 Å². The number of nitrogens with zero attached hydrogens (tertiary/aromatic N) is 3. The smallest absolute Gasteiger partial charge is 0.357 e. The number of hydrogen-bond acceptors (Lipinski definition) is 4. The molecule has 1 aromatic heterocycles. The number of aromatic nitrogens is 1. The second kappa shape index (κ2) is 12.2. The maximum absolute atomic E-state index is 12.7. The molecule has 7 nitrogen and oxygen atoms in total. The summed E-state index contributed by atoms with van der Waals surface area (Å²) in [5, 5.41) is 6.39. The van der Waals surface area contributed by atoms with Crippen molar-refractivity contribution in [3.05, 3.63) is 30.1 Å². The Morgan fingerprint density at radius 3 is 2.45 bits per heavy atom. The van der Waals surface area contributed by atoms with Crippen molar-refractivity contribution in [3.8, 4) is 0 Å². The molecule has 178 valence electrons. The average molecular weight is 577 g/mol. The van der Waals surface area contributed by atoms with Crippen molar-refractivity contribution in [2.24, 2.45) is 10.9 Å². The van der Waals surface area contributed by atoms with E-state index in [0.29, 0.717) is 29.3 Å². The summed E-state index contributed by atoms with van der Waals surface area (Å²) in [6.07, 6.45) is 4.10. The third kappa shape index (κ3) is 7.74. The summed E-state index contributed by atoms with van der Waals surface area (Å²) in [6.45, 7) is 6.96. The molecule has 1 aliphatic heterocycles. The number of hydrogen-bond donors (Lipinski definition) is 2. The molecule has 1 aromatic rings. The predicted octanol–water partition coefficient (Wildman–Crippen LogP) is 3.31. The lowest BCUT2D eigenvalue weighted by Gasteiger charge is -2.32. The first-order valence-corrected chi connectivity index (χ1v) is 11.5. The Kier molecular flexibility index (Phi) is 11.0. The zero-order valence-electron chi connectivity index (χ0n) is 17.9. The quantitative estimate of drug-likeness (QED) is 0.295. The van der Waals surface area contributed by atoms with Crippen LogP contribution in [0.3, 0.4) is 0 Å².